The van der Waals surface area contributed by atoms with Crippen molar-refractivity contribution >= 4 is 5.91 Å². The summed E-state index contributed by atoms with van der Waals surface area (Å²) in [7, 11) is 0. The lowest BCUT2D eigenvalue weighted by Gasteiger charge is -2.09. The summed E-state index contributed by atoms with van der Waals surface area (Å²) < 4.78 is 0. The summed E-state index contributed by atoms with van der Waals surface area (Å²) in [6.45, 7) is 2.80. The average molecular weight is 176 g/mol. The van der Waals surface area contributed by atoms with Gasteiger partial charge in [-0.25, -0.2) is 0 Å². The SMILES string of the molecule is Cc1cnccc1C1CNC(=O)C1. The second-order valence-corrected chi connectivity index (χ2v) is 3.44. The fourth-order valence-corrected chi connectivity index (χ4v) is 1.77. The molecule has 1 fully saturated rings. The Morgan fingerprint density at radius 2 is 2.46 bits per heavy atom. The van der Waals surface area contributed by atoms with E-state index in [-0.39, 0.29) is 5.91 Å². The molecule has 0 spiro atoms. The number of hydrogen-bond acceptors (Lipinski definition) is 2. The van der Waals surface area contributed by atoms with Gasteiger partial charge in [0.05, 0.1) is 0 Å². The van der Waals surface area contributed by atoms with Crippen LogP contribution >= 0.6 is 0 Å². The lowest BCUT2D eigenvalue weighted by molar-refractivity contribution is -0.119. The van der Waals surface area contributed by atoms with E-state index in [1.165, 1.54) is 11.1 Å². The van der Waals surface area contributed by atoms with E-state index in [0.717, 1.165) is 6.54 Å². The van der Waals surface area contributed by atoms with Gasteiger partial charge in [-0.15, -0.1) is 0 Å². The quantitative estimate of drug-likeness (QED) is 0.693. The van der Waals surface area contributed by atoms with Crippen molar-refractivity contribution in [2.24, 2.45) is 0 Å². The summed E-state index contributed by atoms with van der Waals surface area (Å²) in [5.74, 6) is 0.497. The largest absolute Gasteiger partial charge is 0.355 e. The average Bonchev–Trinajstić information content (AvgIpc) is 2.53. The third-order valence-electron chi connectivity index (χ3n) is 2.48. The van der Waals surface area contributed by atoms with Gasteiger partial charge in [-0.3, -0.25) is 9.78 Å². The molecule has 1 aliphatic rings. The normalized spacial score (nSPS) is 21.6. The Hall–Kier alpha value is -1.38. The molecule has 0 radical (unpaired) electrons. The van der Waals surface area contributed by atoms with Crippen molar-refractivity contribution in [3.63, 3.8) is 0 Å². The van der Waals surface area contributed by atoms with Gasteiger partial charge in [-0.2, -0.15) is 0 Å². The van der Waals surface area contributed by atoms with Crippen LogP contribution in [-0.4, -0.2) is 17.4 Å². The number of amides is 1. The Kier molecular flexibility index (Phi) is 2.00. The van der Waals surface area contributed by atoms with E-state index < -0.39 is 0 Å². The van der Waals surface area contributed by atoms with Crippen LogP contribution in [0.15, 0.2) is 18.5 Å². The van der Waals surface area contributed by atoms with E-state index in [4.69, 9.17) is 0 Å². The van der Waals surface area contributed by atoms with Gasteiger partial charge >= 0.3 is 0 Å². The minimum atomic E-state index is 0.154. The number of carbonyl (C=O) groups is 1. The first-order valence-electron chi connectivity index (χ1n) is 4.44. The third kappa shape index (κ3) is 1.54. The topological polar surface area (TPSA) is 42.0 Å². The molecule has 13 heavy (non-hydrogen) atoms. The van der Waals surface area contributed by atoms with Crippen LogP contribution in [0.2, 0.25) is 0 Å². The monoisotopic (exact) mass is 176 g/mol. The molecule has 1 aromatic rings. The number of nitrogens with one attached hydrogen (secondary N) is 1. The molecule has 1 atom stereocenters. The second-order valence-electron chi connectivity index (χ2n) is 3.44. The molecule has 0 aliphatic carbocycles. The van der Waals surface area contributed by atoms with Gasteiger partial charge in [0.25, 0.3) is 0 Å². The first-order chi connectivity index (χ1) is 6.27. The number of aryl methyl sites for hydroxylation is 1. The molecule has 0 bridgehead atoms. The molecule has 3 heteroatoms. The lowest BCUT2D eigenvalue weighted by atomic mass is 9.96. The molecule has 2 heterocycles. The van der Waals surface area contributed by atoms with E-state index in [1.807, 2.05) is 19.2 Å². The zero-order chi connectivity index (χ0) is 9.26. The minimum absolute atomic E-state index is 0.154. The van der Waals surface area contributed by atoms with Crippen LogP contribution in [0.5, 0.6) is 0 Å². The number of pyridine rings is 1. The molecule has 3 nitrogen and oxygen atoms in total. The highest BCUT2D eigenvalue weighted by molar-refractivity contribution is 5.79. The fraction of sp³-hybridized carbons (Fsp3) is 0.400. The van der Waals surface area contributed by atoms with Crippen molar-refractivity contribution in [1.82, 2.24) is 10.3 Å². The predicted molar refractivity (Wildman–Crippen MR) is 49.3 cm³/mol. The lowest BCUT2D eigenvalue weighted by Crippen LogP contribution is -2.13. The zero-order valence-corrected chi connectivity index (χ0v) is 7.58. The van der Waals surface area contributed by atoms with Crippen LogP contribution in [0.1, 0.15) is 23.5 Å². The molecule has 1 N–H and O–H groups in total. The van der Waals surface area contributed by atoms with Gasteiger partial charge in [-0.05, 0) is 24.1 Å². The van der Waals surface area contributed by atoms with E-state index >= 15 is 0 Å². The molecule has 1 aliphatic heterocycles. The first kappa shape index (κ1) is 8.23. The summed E-state index contributed by atoms with van der Waals surface area (Å²) in [6, 6.07) is 2.00. The summed E-state index contributed by atoms with van der Waals surface area (Å²) >= 11 is 0. The molecule has 0 aromatic carbocycles. The standard InChI is InChI=1S/C10H12N2O/c1-7-5-11-3-2-9(7)8-4-10(13)12-6-8/h2-3,5,8H,4,6H2,1H3,(H,12,13). The van der Waals surface area contributed by atoms with Crippen molar-refractivity contribution in [1.29, 1.82) is 0 Å². The molecule has 1 unspecified atom stereocenters. The van der Waals surface area contributed by atoms with Crippen LogP contribution in [0.3, 0.4) is 0 Å². The number of aromatic nitrogens is 1. The van der Waals surface area contributed by atoms with Crippen molar-refractivity contribution in [2.75, 3.05) is 6.54 Å². The van der Waals surface area contributed by atoms with E-state index in [2.05, 4.69) is 10.3 Å². The van der Waals surface area contributed by atoms with E-state index in [0.29, 0.717) is 12.3 Å². The zero-order valence-electron chi connectivity index (χ0n) is 7.58. The summed E-state index contributed by atoms with van der Waals surface area (Å²) in [6.07, 6.45) is 4.24. The van der Waals surface area contributed by atoms with Gasteiger partial charge in [0.2, 0.25) is 5.91 Å². The summed E-state index contributed by atoms with van der Waals surface area (Å²) in [5.41, 5.74) is 2.41. The fourth-order valence-electron chi connectivity index (χ4n) is 1.77. The van der Waals surface area contributed by atoms with Crippen molar-refractivity contribution < 1.29 is 4.79 Å². The van der Waals surface area contributed by atoms with Gasteiger partial charge in [0.15, 0.2) is 0 Å². The van der Waals surface area contributed by atoms with Crippen LogP contribution in [0, 0.1) is 6.92 Å². The molecule has 0 saturated carbocycles. The van der Waals surface area contributed by atoms with Gasteiger partial charge in [-0.1, -0.05) is 0 Å². The van der Waals surface area contributed by atoms with Crippen molar-refractivity contribution in [2.45, 2.75) is 19.3 Å². The Morgan fingerprint density at radius 3 is 3.08 bits per heavy atom. The highest BCUT2D eigenvalue weighted by atomic mass is 16.1. The highest BCUT2D eigenvalue weighted by Crippen LogP contribution is 2.24. The second kappa shape index (κ2) is 3.17. The maximum atomic E-state index is 11.0. The number of rotatable bonds is 1. The minimum Gasteiger partial charge on any atom is -0.355 e. The molecule has 1 saturated heterocycles. The molecule has 68 valence electrons. The van der Waals surface area contributed by atoms with Gasteiger partial charge in [0.1, 0.15) is 0 Å². The van der Waals surface area contributed by atoms with Crippen molar-refractivity contribution in [3.05, 3.63) is 29.6 Å². The Labute approximate surface area is 77.2 Å². The number of carbonyl (C=O) groups excluding carboxylic acids is 1. The molecule has 1 aromatic heterocycles. The van der Waals surface area contributed by atoms with Crippen LogP contribution in [0.25, 0.3) is 0 Å². The predicted octanol–water partition coefficient (Wildman–Crippen LogP) is 0.994. The van der Waals surface area contributed by atoms with E-state index in [1.54, 1.807) is 6.20 Å². The highest BCUT2D eigenvalue weighted by Gasteiger charge is 2.23. The molecule has 1 amide bonds. The smallest absolute Gasteiger partial charge is 0.220 e. The van der Waals surface area contributed by atoms with E-state index in [9.17, 15) is 4.79 Å². The summed E-state index contributed by atoms with van der Waals surface area (Å²) in [4.78, 5) is 15.0. The number of nitrogens with zero attached hydrogens (tertiary/aromatic N) is 1. The third-order valence-corrected chi connectivity index (χ3v) is 2.48. The first-order valence-corrected chi connectivity index (χ1v) is 4.44. The van der Waals surface area contributed by atoms with Crippen LogP contribution in [-0.2, 0) is 4.79 Å². The molecular formula is C10H12N2O. The molecular weight excluding hydrogens is 164 g/mol. The Morgan fingerprint density at radius 1 is 1.62 bits per heavy atom. The maximum Gasteiger partial charge on any atom is 0.220 e. The van der Waals surface area contributed by atoms with Crippen LogP contribution < -0.4 is 5.32 Å². The Balaban J connectivity index is 2.26. The van der Waals surface area contributed by atoms with Gasteiger partial charge < -0.3 is 5.32 Å². The number of hydrogen-bond donors (Lipinski definition) is 1. The van der Waals surface area contributed by atoms with Crippen molar-refractivity contribution in [3.8, 4) is 0 Å². The van der Waals surface area contributed by atoms with Gasteiger partial charge in [0, 0.05) is 31.3 Å². The summed E-state index contributed by atoms with van der Waals surface area (Å²) in [5, 5.41) is 2.84. The Bertz CT molecular complexity index is 335. The van der Waals surface area contributed by atoms with Crippen LogP contribution in [0.4, 0.5) is 0 Å². The maximum absolute atomic E-state index is 11.0. The molecule has 2 rings (SSSR count).